The number of aromatic nitrogens is 5. The van der Waals surface area contributed by atoms with Gasteiger partial charge in [0.15, 0.2) is 5.65 Å². The van der Waals surface area contributed by atoms with E-state index < -0.39 is 0 Å². The second-order valence-electron chi connectivity index (χ2n) is 6.10. The molecule has 3 rings (SSSR count). The number of fused-ring (bicyclic) bond motifs is 1. The van der Waals surface area contributed by atoms with Gasteiger partial charge in [0.05, 0.1) is 24.0 Å². The Labute approximate surface area is 145 Å². The first-order valence-corrected chi connectivity index (χ1v) is 8.03. The van der Waals surface area contributed by atoms with Crippen LogP contribution in [0, 0.1) is 20.8 Å². The van der Waals surface area contributed by atoms with Crippen molar-refractivity contribution in [3.63, 3.8) is 0 Å². The molecule has 0 aliphatic rings. The zero-order chi connectivity index (χ0) is 18.1. The molecule has 132 valence electrons. The van der Waals surface area contributed by atoms with Crippen molar-refractivity contribution in [3.05, 3.63) is 46.7 Å². The summed E-state index contributed by atoms with van der Waals surface area (Å²) in [6.45, 7) is 6.00. The van der Waals surface area contributed by atoms with Crippen LogP contribution in [0.15, 0.2) is 18.3 Å². The van der Waals surface area contributed by atoms with Crippen LogP contribution in [-0.2, 0) is 11.8 Å². The Kier molecular flexibility index (Phi) is 4.54. The van der Waals surface area contributed by atoms with Gasteiger partial charge >= 0.3 is 0 Å². The third-order valence-corrected chi connectivity index (χ3v) is 4.15. The third-order valence-electron chi connectivity index (χ3n) is 4.15. The second kappa shape index (κ2) is 6.64. The molecule has 0 spiro atoms. The van der Waals surface area contributed by atoms with E-state index >= 15 is 0 Å². The lowest BCUT2D eigenvalue weighted by atomic mass is 10.1. The molecule has 0 unspecified atom stereocenters. The Hall–Kier alpha value is -2.74. The topological polar surface area (TPSA) is 86.3 Å². The average Bonchev–Trinajstić information content (AvgIpc) is 3.10. The lowest BCUT2D eigenvalue weighted by Crippen LogP contribution is -2.33. The highest BCUT2D eigenvalue weighted by Gasteiger charge is 2.24. The number of methoxy groups -OCH3 is 1. The molecule has 3 aromatic heterocycles. The summed E-state index contributed by atoms with van der Waals surface area (Å²) in [7, 11) is 3.43. The molecule has 0 aliphatic carbocycles. The van der Waals surface area contributed by atoms with E-state index in [9.17, 15) is 4.79 Å². The maximum Gasteiger partial charge on any atom is 0.257 e. The number of nitrogens with zero attached hydrogens (tertiary/aromatic N) is 5. The van der Waals surface area contributed by atoms with E-state index in [1.54, 1.807) is 22.5 Å². The fourth-order valence-electron chi connectivity index (χ4n) is 3.02. The van der Waals surface area contributed by atoms with Crippen molar-refractivity contribution in [1.29, 1.82) is 0 Å². The zero-order valence-corrected chi connectivity index (χ0v) is 15.1. The minimum Gasteiger partial charge on any atom is -0.382 e. The molecule has 0 radical (unpaired) electrons. The molecule has 1 amide bonds. The first-order valence-electron chi connectivity index (χ1n) is 8.03. The molecule has 1 N–H and O–H groups in total. The maximum absolute atomic E-state index is 13.0. The van der Waals surface area contributed by atoms with Crippen molar-refractivity contribution in [2.45, 2.75) is 26.8 Å². The summed E-state index contributed by atoms with van der Waals surface area (Å²) in [4.78, 5) is 17.5. The highest BCUT2D eigenvalue weighted by molar-refractivity contribution is 6.01. The number of nitrogens with one attached hydrogen (secondary N) is 1. The highest BCUT2D eigenvalue weighted by atomic mass is 16.5. The molecule has 0 saturated carbocycles. The standard InChI is InChI=1S/C17H22N6O2/c1-10-8-11(2)23-16(19-10)15(12(3)21-23)17(24)20-13(9-25-5)14-6-7-18-22(14)4/h6-8,13H,9H2,1-5H3,(H,20,24)/t13-/m0/s1. The predicted octanol–water partition coefficient (Wildman–Crippen LogP) is 1.51. The molecule has 1 atom stereocenters. The number of rotatable bonds is 5. The van der Waals surface area contributed by atoms with E-state index in [1.165, 1.54) is 0 Å². The van der Waals surface area contributed by atoms with E-state index in [4.69, 9.17) is 4.74 Å². The van der Waals surface area contributed by atoms with Gasteiger partial charge in [-0.3, -0.25) is 9.48 Å². The lowest BCUT2D eigenvalue weighted by Gasteiger charge is -2.18. The van der Waals surface area contributed by atoms with Crippen molar-refractivity contribution in [1.82, 2.24) is 29.7 Å². The van der Waals surface area contributed by atoms with Gasteiger partial charge in [-0.1, -0.05) is 0 Å². The lowest BCUT2D eigenvalue weighted by molar-refractivity contribution is 0.0893. The largest absolute Gasteiger partial charge is 0.382 e. The SMILES string of the molecule is COC[C@H](NC(=O)c1c(C)nn2c(C)cc(C)nc12)c1ccnn1C. The normalized spacial score (nSPS) is 12.5. The van der Waals surface area contributed by atoms with Crippen LogP contribution in [0.25, 0.3) is 5.65 Å². The summed E-state index contributed by atoms with van der Waals surface area (Å²) in [5.74, 6) is -0.228. The Morgan fingerprint density at radius 3 is 2.76 bits per heavy atom. The molecule has 0 bridgehead atoms. The molecule has 3 aromatic rings. The monoisotopic (exact) mass is 342 g/mol. The quantitative estimate of drug-likeness (QED) is 0.759. The fraction of sp³-hybridized carbons (Fsp3) is 0.412. The van der Waals surface area contributed by atoms with Gasteiger partial charge in [-0.2, -0.15) is 10.2 Å². The van der Waals surface area contributed by atoms with Crippen LogP contribution in [0.1, 0.15) is 39.2 Å². The van der Waals surface area contributed by atoms with Crippen LogP contribution in [0.4, 0.5) is 0 Å². The van der Waals surface area contributed by atoms with E-state index in [0.717, 1.165) is 17.1 Å². The van der Waals surface area contributed by atoms with Gasteiger partial charge in [0, 0.05) is 31.7 Å². The van der Waals surface area contributed by atoms with Crippen LogP contribution in [0.3, 0.4) is 0 Å². The Morgan fingerprint density at radius 2 is 2.12 bits per heavy atom. The molecule has 0 saturated heterocycles. The van der Waals surface area contributed by atoms with E-state index in [1.807, 2.05) is 40.0 Å². The van der Waals surface area contributed by atoms with Crippen LogP contribution >= 0.6 is 0 Å². The van der Waals surface area contributed by atoms with Gasteiger partial charge in [-0.25, -0.2) is 9.50 Å². The fourth-order valence-corrected chi connectivity index (χ4v) is 3.02. The van der Waals surface area contributed by atoms with Gasteiger partial charge in [0.25, 0.3) is 5.91 Å². The van der Waals surface area contributed by atoms with Crippen molar-refractivity contribution in [2.75, 3.05) is 13.7 Å². The summed E-state index contributed by atoms with van der Waals surface area (Å²) in [6.07, 6.45) is 1.69. The molecular weight excluding hydrogens is 320 g/mol. The molecule has 0 fully saturated rings. The summed E-state index contributed by atoms with van der Waals surface area (Å²) in [5.41, 5.74) is 4.33. The number of hydrogen-bond acceptors (Lipinski definition) is 5. The number of ether oxygens (including phenoxy) is 1. The Balaban J connectivity index is 1.99. The first kappa shape index (κ1) is 17.1. The van der Waals surface area contributed by atoms with Crippen LogP contribution in [0.2, 0.25) is 0 Å². The van der Waals surface area contributed by atoms with Crippen molar-refractivity contribution >= 4 is 11.6 Å². The second-order valence-corrected chi connectivity index (χ2v) is 6.10. The van der Waals surface area contributed by atoms with Gasteiger partial charge in [0.2, 0.25) is 0 Å². The number of carbonyl (C=O) groups is 1. The van der Waals surface area contributed by atoms with Crippen molar-refractivity contribution < 1.29 is 9.53 Å². The Bertz CT molecular complexity index is 927. The first-order chi connectivity index (χ1) is 11.9. The van der Waals surface area contributed by atoms with Crippen LogP contribution < -0.4 is 5.32 Å². The Morgan fingerprint density at radius 1 is 1.36 bits per heavy atom. The van der Waals surface area contributed by atoms with E-state index in [2.05, 4.69) is 20.5 Å². The minimum absolute atomic E-state index is 0.228. The summed E-state index contributed by atoms with van der Waals surface area (Å²) in [6, 6.07) is 3.48. The molecule has 8 heteroatoms. The number of carbonyl (C=O) groups excluding carboxylic acids is 1. The minimum atomic E-state index is -0.315. The van der Waals surface area contributed by atoms with Gasteiger partial charge in [-0.05, 0) is 32.9 Å². The maximum atomic E-state index is 13.0. The number of hydrogen-bond donors (Lipinski definition) is 1. The zero-order valence-electron chi connectivity index (χ0n) is 15.1. The van der Waals surface area contributed by atoms with Gasteiger partial charge < -0.3 is 10.1 Å². The van der Waals surface area contributed by atoms with Crippen LogP contribution in [-0.4, -0.2) is 44.0 Å². The number of aryl methyl sites for hydroxylation is 4. The molecule has 3 heterocycles. The predicted molar refractivity (Wildman–Crippen MR) is 92.5 cm³/mol. The smallest absolute Gasteiger partial charge is 0.257 e. The molecular formula is C17H22N6O2. The molecule has 0 aliphatic heterocycles. The summed E-state index contributed by atoms with van der Waals surface area (Å²) < 4.78 is 8.69. The van der Waals surface area contributed by atoms with Crippen LogP contribution in [0.5, 0.6) is 0 Å². The molecule has 8 nitrogen and oxygen atoms in total. The summed E-state index contributed by atoms with van der Waals surface area (Å²) in [5, 5.41) is 11.6. The highest BCUT2D eigenvalue weighted by Crippen LogP contribution is 2.19. The van der Waals surface area contributed by atoms with E-state index in [0.29, 0.717) is 23.5 Å². The third kappa shape index (κ3) is 3.12. The molecule has 0 aromatic carbocycles. The van der Waals surface area contributed by atoms with Gasteiger partial charge in [-0.15, -0.1) is 0 Å². The van der Waals surface area contributed by atoms with Crippen molar-refractivity contribution in [3.8, 4) is 0 Å². The van der Waals surface area contributed by atoms with E-state index in [-0.39, 0.29) is 11.9 Å². The molecule has 25 heavy (non-hydrogen) atoms. The average molecular weight is 342 g/mol. The van der Waals surface area contributed by atoms with Gasteiger partial charge in [0.1, 0.15) is 5.56 Å². The van der Waals surface area contributed by atoms with Crippen molar-refractivity contribution in [2.24, 2.45) is 7.05 Å². The number of amides is 1. The summed E-state index contributed by atoms with van der Waals surface area (Å²) >= 11 is 0.